The normalized spacial score (nSPS) is 20.5. The van der Waals surface area contributed by atoms with Gasteiger partial charge in [-0.15, -0.1) is 0 Å². The molecule has 7 nitrogen and oxygen atoms in total. The summed E-state index contributed by atoms with van der Waals surface area (Å²) in [5.74, 6) is -3.74. The minimum atomic E-state index is -1.56. The molecule has 3 heterocycles. The third-order valence-electron chi connectivity index (χ3n) is 6.96. The van der Waals surface area contributed by atoms with E-state index in [0.717, 1.165) is 34.5 Å². The lowest BCUT2D eigenvalue weighted by atomic mass is 10.1. The molecule has 2 atom stereocenters. The Bertz CT molecular complexity index is 1640. The number of anilines is 1. The number of pyridine rings is 2. The van der Waals surface area contributed by atoms with Gasteiger partial charge in [-0.05, 0) is 23.8 Å². The Morgan fingerprint density at radius 1 is 1.03 bits per heavy atom. The summed E-state index contributed by atoms with van der Waals surface area (Å²) in [5, 5.41) is 9.16. The van der Waals surface area contributed by atoms with Crippen LogP contribution in [0.2, 0.25) is 0 Å². The van der Waals surface area contributed by atoms with Gasteiger partial charge in [-0.1, -0.05) is 30.3 Å². The number of aromatic carboxylic acids is 1. The monoisotopic (exact) mass is 504 g/mol. The van der Waals surface area contributed by atoms with Crippen molar-refractivity contribution in [2.45, 2.75) is 6.04 Å². The van der Waals surface area contributed by atoms with Crippen molar-refractivity contribution in [1.29, 1.82) is 0 Å². The van der Waals surface area contributed by atoms with E-state index in [9.17, 15) is 23.5 Å². The molecule has 186 valence electrons. The molecule has 2 unspecified atom stereocenters. The summed E-state index contributed by atoms with van der Waals surface area (Å²) >= 11 is 0. The Balaban J connectivity index is 1.37. The first-order valence-corrected chi connectivity index (χ1v) is 11.6. The third kappa shape index (κ3) is 3.94. The molecule has 1 saturated carbocycles. The minimum absolute atomic E-state index is 0.0239. The topological polar surface area (TPSA) is 87.8 Å². The zero-order valence-corrected chi connectivity index (χ0v) is 19.2. The van der Waals surface area contributed by atoms with Gasteiger partial charge in [0.05, 0.1) is 17.1 Å². The van der Waals surface area contributed by atoms with Crippen molar-refractivity contribution >= 4 is 29.0 Å². The van der Waals surface area contributed by atoms with E-state index < -0.39 is 34.4 Å². The molecule has 2 aromatic carbocycles. The number of carboxylic acid groups (broad SMARTS) is 1. The van der Waals surface area contributed by atoms with Crippen LogP contribution in [0.25, 0.3) is 16.7 Å². The fraction of sp³-hybridized carbons (Fsp3) is 0.185. The largest absolute Gasteiger partial charge is 0.477 e. The van der Waals surface area contributed by atoms with E-state index in [2.05, 4.69) is 9.98 Å². The van der Waals surface area contributed by atoms with Gasteiger partial charge in [-0.3, -0.25) is 14.4 Å². The number of carbonyl (C=O) groups is 1. The van der Waals surface area contributed by atoms with E-state index in [1.165, 1.54) is 0 Å². The molecule has 1 aliphatic heterocycles. The number of fused-ring (bicyclic) bond motifs is 2. The van der Waals surface area contributed by atoms with E-state index in [0.29, 0.717) is 19.2 Å². The maximum Gasteiger partial charge on any atom is 0.341 e. The van der Waals surface area contributed by atoms with Crippen LogP contribution in [0.3, 0.4) is 0 Å². The first-order valence-electron chi connectivity index (χ1n) is 11.6. The van der Waals surface area contributed by atoms with E-state index >= 15 is 4.39 Å². The maximum absolute atomic E-state index is 15.2. The Morgan fingerprint density at radius 2 is 1.76 bits per heavy atom. The average Bonchev–Trinajstić information content (AvgIpc) is 3.32. The number of benzene rings is 2. The summed E-state index contributed by atoms with van der Waals surface area (Å²) in [6, 6.07) is 13.5. The third-order valence-corrected chi connectivity index (χ3v) is 6.96. The molecular weight excluding hydrogens is 485 g/mol. The standard InChI is InChI=1S/C27H19F3N4O3/c28-15-6-7-22(20(29)8-15)34-13-19(27(36)37)24(35)16-9-21(30)26(32-25(16)34)33-11-17-18(12-33)23(17)31-10-14-4-2-1-3-5-14/h1-10,13,17-18,23H,11-12H2,(H,36,37). The predicted octanol–water partition coefficient (Wildman–Crippen LogP) is 4.05. The molecule has 37 heavy (non-hydrogen) atoms. The van der Waals surface area contributed by atoms with Crippen LogP contribution < -0.4 is 10.3 Å². The molecular formula is C27H19F3N4O3. The lowest BCUT2D eigenvalue weighted by molar-refractivity contribution is 0.0695. The molecule has 2 fully saturated rings. The van der Waals surface area contributed by atoms with Crippen LogP contribution in [0.1, 0.15) is 15.9 Å². The molecule has 6 rings (SSSR count). The molecule has 10 heteroatoms. The van der Waals surface area contributed by atoms with Crippen molar-refractivity contribution < 1.29 is 23.1 Å². The number of piperidine rings is 1. The van der Waals surface area contributed by atoms with Gasteiger partial charge >= 0.3 is 5.97 Å². The summed E-state index contributed by atoms with van der Waals surface area (Å²) in [6.07, 6.45) is 2.76. The number of aromatic nitrogens is 2. The minimum Gasteiger partial charge on any atom is -0.477 e. The zero-order valence-electron chi connectivity index (χ0n) is 19.2. The van der Waals surface area contributed by atoms with Gasteiger partial charge in [0.15, 0.2) is 17.3 Å². The van der Waals surface area contributed by atoms with Crippen molar-refractivity contribution in [1.82, 2.24) is 9.55 Å². The highest BCUT2D eigenvalue weighted by Crippen LogP contribution is 2.49. The number of rotatable bonds is 5. The van der Waals surface area contributed by atoms with Gasteiger partial charge in [-0.2, -0.15) is 0 Å². The Kier molecular flexibility index (Phi) is 5.32. The summed E-state index contributed by atoms with van der Waals surface area (Å²) in [6.45, 7) is 0.998. The predicted molar refractivity (Wildman–Crippen MR) is 131 cm³/mol. The Morgan fingerprint density at radius 3 is 2.43 bits per heavy atom. The lowest BCUT2D eigenvalue weighted by Gasteiger charge is -2.22. The molecule has 2 aliphatic rings. The van der Waals surface area contributed by atoms with Crippen molar-refractivity contribution in [2.75, 3.05) is 18.0 Å². The van der Waals surface area contributed by atoms with Crippen LogP contribution in [0.4, 0.5) is 19.0 Å². The van der Waals surface area contributed by atoms with E-state index in [1.807, 2.05) is 36.5 Å². The number of hydrogen-bond donors (Lipinski definition) is 1. The molecule has 0 amide bonds. The summed E-state index contributed by atoms with van der Waals surface area (Å²) in [5.41, 5.74) is -0.988. The lowest BCUT2D eigenvalue weighted by Crippen LogP contribution is -2.28. The van der Waals surface area contributed by atoms with Crippen LogP contribution in [-0.2, 0) is 0 Å². The molecule has 1 saturated heterocycles. The molecule has 0 bridgehead atoms. The number of hydrogen-bond acceptors (Lipinski definition) is 5. The summed E-state index contributed by atoms with van der Waals surface area (Å²) in [7, 11) is 0. The molecule has 0 spiro atoms. The fourth-order valence-corrected chi connectivity index (χ4v) is 5.05. The number of halogens is 3. The van der Waals surface area contributed by atoms with Crippen molar-refractivity contribution in [2.24, 2.45) is 16.8 Å². The summed E-state index contributed by atoms with van der Waals surface area (Å²) in [4.78, 5) is 35.2. The van der Waals surface area contributed by atoms with Gasteiger partial charge in [0.25, 0.3) is 0 Å². The van der Waals surface area contributed by atoms with Crippen LogP contribution in [0.15, 0.2) is 70.6 Å². The second-order valence-corrected chi connectivity index (χ2v) is 9.22. The van der Waals surface area contributed by atoms with Crippen molar-refractivity contribution in [3.8, 4) is 5.69 Å². The molecule has 0 radical (unpaired) electrons. The van der Waals surface area contributed by atoms with Crippen molar-refractivity contribution in [3.63, 3.8) is 0 Å². The van der Waals surface area contributed by atoms with E-state index in [4.69, 9.17) is 0 Å². The first-order chi connectivity index (χ1) is 17.8. The maximum atomic E-state index is 15.2. The zero-order chi connectivity index (χ0) is 25.8. The number of aliphatic imine (C=N–C) groups is 1. The van der Waals surface area contributed by atoms with E-state index in [-0.39, 0.29) is 40.4 Å². The second kappa shape index (κ2) is 8.58. The fourth-order valence-electron chi connectivity index (χ4n) is 5.05. The van der Waals surface area contributed by atoms with Gasteiger partial charge in [0.2, 0.25) is 5.43 Å². The molecule has 1 N–H and O–H groups in total. The second-order valence-electron chi connectivity index (χ2n) is 9.22. The molecule has 4 aromatic rings. The summed E-state index contributed by atoms with van der Waals surface area (Å²) < 4.78 is 44.4. The number of nitrogens with zero attached hydrogens (tertiary/aromatic N) is 4. The molecule has 1 aliphatic carbocycles. The van der Waals surface area contributed by atoms with Crippen molar-refractivity contribution in [3.05, 3.63) is 99.6 Å². The Hall–Kier alpha value is -4.47. The van der Waals surface area contributed by atoms with Gasteiger partial charge in [0, 0.05) is 43.4 Å². The van der Waals surface area contributed by atoms with Crippen LogP contribution in [0, 0.1) is 29.3 Å². The highest BCUT2D eigenvalue weighted by atomic mass is 19.1. The first kappa shape index (κ1) is 23.0. The Labute approximate surface area is 208 Å². The van der Waals surface area contributed by atoms with Crippen LogP contribution in [0.5, 0.6) is 0 Å². The van der Waals surface area contributed by atoms with Gasteiger partial charge in [0.1, 0.15) is 17.2 Å². The SMILES string of the molecule is O=C(O)c1cn(-c2ccc(F)cc2F)c2nc(N3CC4C(C3)C4N=Cc3ccccc3)c(F)cc2c1=O. The van der Waals surface area contributed by atoms with Gasteiger partial charge < -0.3 is 10.0 Å². The van der Waals surface area contributed by atoms with Crippen LogP contribution in [-0.4, -0.2) is 46.0 Å². The smallest absolute Gasteiger partial charge is 0.341 e. The van der Waals surface area contributed by atoms with Gasteiger partial charge in [-0.25, -0.2) is 22.9 Å². The van der Waals surface area contributed by atoms with Crippen LogP contribution >= 0.6 is 0 Å². The quantitative estimate of drug-likeness (QED) is 0.415. The van der Waals surface area contributed by atoms with E-state index in [1.54, 1.807) is 4.90 Å². The number of carboxylic acids is 1. The highest BCUT2D eigenvalue weighted by molar-refractivity contribution is 5.92. The molecule has 2 aromatic heterocycles. The average molecular weight is 504 g/mol. The highest BCUT2D eigenvalue weighted by Gasteiger charge is 2.56.